The van der Waals surface area contributed by atoms with Gasteiger partial charge < -0.3 is 4.74 Å². The van der Waals surface area contributed by atoms with Crippen molar-refractivity contribution in [1.82, 2.24) is 4.90 Å². The Labute approximate surface area is 148 Å². The smallest absolute Gasteiger partial charge is 0.217 e. The maximum atomic E-state index is 5.47. The van der Waals surface area contributed by atoms with Crippen LogP contribution in [0.1, 0.15) is 5.69 Å². The number of hydrogen-bond acceptors (Lipinski definition) is 3. The van der Waals surface area contributed by atoms with Gasteiger partial charge in [-0.1, -0.05) is 30.3 Å². The van der Waals surface area contributed by atoms with E-state index in [0.717, 1.165) is 12.3 Å². The zero-order chi connectivity index (χ0) is 17.1. The monoisotopic (exact) mass is 339 g/mol. The molecule has 0 unspecified atom stereocenters. The summed E-state index contributed by atoms with van der Waals surface area (Å²) in [5.41, 5.74) is 3.80. The van der Waals surface area contributed by atoms with Gasteiger partial charge >= 0.3 is 0 Å². The molecule has 0 aliphatic heterocycles. The summed E-state index contributed by atoms with van der Waals surface area (Å²) in [5, 5.41) is 2.44. The summed E-state index contributed by atoms with van der Waals surface area (Å²) < 4.78 is 7.74. The lowest BCUT2D eigenvalue weighted by Crippen LogP contribution is -2.34. The number of benzene rings is 2. The second-order valence-electron chi connectivity index (χ2n) is 6.02. The van der Waals surface area contributed by atoms with Gasteiger partial charge in [-0.2, -0.15) is 0 Å². The Kier molecular flexibility index (Phi) is 5.07. The highest BCUT2D eigenvalue weighted by Crippen LogP contribution is 2.33. The van der Waals surface area contributed by atoms with Crippen molar-refractivity contribution in [2.24, 2.45) is 0 Å². The summed E-state index contributed by atoms with van der Waals surface area (Å²) in [4.78, 5) is 2.21. The fourth-order valence-corrected chi connectivity index (χ4v) is 3.59. The molecule has 0 aliphatic carbocycles. The SMILES string of the molecule is COc1ccc2c[n+](SC)c(CN(C)C)c(-c3ccccc3)c2c1. The molecule has 124 valence electrons. The van der Waals surface area contributed by atoms with E-state index in [4.69, 9.17) is 4.74 Å². The van der Waals surface area contributed by atoms with E-state index in [-0.39, 0.29) is 0 Å². The van der Waals surface area contributed by atoms with Gasteiger partial charge in [-0.25, -0.2) is 0 Å². The van der Waals surface area contributed by atoms with Gasteiger partial charge in [-0.15, -0.1) is 3.97 Å². The first-order chi connectivity index (χ1) is 11.6. The number of pyridine rings is 1. The molecule has 24 heavy (non-hydrogen) atoms. The average molecular weight is 339 g/mol. The van der Waals surface area contributed by atoms with Gasteiger partial charge in [-0.3, -0.25) is 4.90 Å². The van der Waals surface area contributed by atoms with Crippen LogP contribution in [0.3, 0.4) is 0 Å². The van der Waals surface area contributed by atoms with E-state index in [1.54, 1.807) is 19.1 Å². The second-order valence-corrected chi connectivity index (χ2v) is 6.77. The van der Waals surface area contributed by atoms with Crippen molar-refractivity contribution in [1.29, 1.82) is 0 Å². The topological polar surface area (TPSA) is 16.4 Å². The standard InChI is InChI=1S/C20H23N2OS/c1-21(2)14-19-20(15-8-6-5-7-9-15)18-12-17(23-3)11-10-16(18)13-22(19)24-4/h5-13H,14H2,1-4H3/q+1. The highest BCUT2D eigenvalue weighted by molar-refractivity contribution is 7.92. The third-order valence-corrected chi connectivity index (χ3v) is 4.79. The quantitative estimate of drug-likeness (QED) is 0.654. The Morgan fingerprint density at radius 1 is 1.08 bits per heavy atom. The lowest BCUT2D eigenvalue weighted by atomic mass is 9.97. The largest absolute Gasteiger partial charge is 0.497 e. The van der Waals surface area contributed by atoms with Crippen molar-refractivity contribution >= 4 is 22.7 Å². The Morgan fingerprint density at radius 2 is 1.83 bits per heavy atom. The molecule has 0 saturated carbocycles. The molecule has 0 aliphatic rings. The van der Waals surface area contributed by atoms with Crippen LogP contribution in [0, 0.1) is 0 Å². The molecule has 0 radical (unpaired) electrons. The van der Waals surface area contributed by atoms with Gasteiger partial charge in [-0.05, 0) is 37.9 Å². The van der Waals surface area contributed by atoms with Gasteiger partial charge in [0.05, 0.1) is 19.2 Å². The minimum absolute atomic E-state index is 0.873. The van der Waals surface area contributed by atoms with Gasteiger partial charge in [0.1, 0.15) is 5.75 Å². The van der Waals surface area contributed by atoms with E-state index in [2.05, 4.69) is 77.9 Å². The average Bonchev–Trinajstić information content (AvgIpc) is 2.60. The Bertz CT molecular complexity index is 847. The van der Waals surface area contributed by atoms with E-state index in [0.29, 0.717) is 0 Å². The first-order valence-corrected chi connectivity index (χ1v) is 9.12. The molecule has 4 heteroatoms. The molecule has 3 nitrogen and oxygen atoms in total. The van der Waals surface area contributed by atoms with E-state index in [1.165, 1.54) is 27.6 Å². The summed E-state index contributed by atoms with van der Waals surface area (Å²) in [5.74, 6) is 0.886. The minimum Gasteiger partial charge on any atom is -0.497 e. The van der Waals surface area contributed by atoms with Crippen LogP contribution in [-0.4, -0.2) is 32.4 Å². The summed E-state index contributed by atoms with van der Waals surface area (Å²) in [7, 11) is 5.93. The fraction of sp³-hybridized carbons (Fsp3) is 0.250. The van der Waals surface area contributed by atoms with Crippen LogP contribution in [0.4, 0.5) is 0 Å². The molecule has 3 aromatic rings. The maximum Gasteiger partial charge on any atom is 0.217 e. The lowest BCUT2D eigenvalue weighted by molar-refractivity contribution is -0.503. The van der Waals surface area contributed by atoms with Crippen molar-refractivity contribution in [2.75, 3.05) is 27.5 Å². The fourth-order valence-electron chi connectivity index (χ4n) is 3.00. The molecule has 0 amide bonds. The summed E-state index contributed by atoms with van der Waals surface area (Å²) in [6.45, 7) is 0.873. The van der Waals surface area contributed by atoms with Gasteiger partial charge in [0.25, 0.3) is 0 Å². The number of rotatable bonds is 5. The Balaban J connectivity index is 2.39. The van der Waals surface area contributed by atoms with Crippen molar-refractivity contribution in [3.05, 3.63) is 60.4 Å². The van der Waals surface area contributed by atoms with Gasteiger partial charge in [0, 0.05) is 17.0 Å². The molecule has 0 N–H and O–H groups in total. The number of methoxy groups -OCH3 is 1. The van der Waals surface area contributed by atoms with Crippen LogP contribution in [0.15, 0.2) is 54.7 Å². The highest BCUT2D eigenvalue weighted by Gasteiger charge is 2.23. The highest BCUT2D eigenvalue weighted by atomic mass is 32.2. The Hall–Kier alpha value is -2.04. The second kappa shape index (κ2) is 7.24. The molecule has 0 bridgehead atoms. The van der Waals surface area contributed by atoms with E-state index in [9.17, 15) is 0 Å². The zero-order valence-corrected chi connectivity index (χ0v) is 15.4. The molecule has 3 rings (SSSR count). The Morgan fingerprint density at radius 3 is 2.46 bits per heavy atom. The van der Waals surface area contributed by atoms with Crippen LogP contribution in [-0.2, 0) is 6.54 Å². The molecule has 0 atom stereocenters. The molecule has 2 aromatic carbocycles. The van der Waals surface area contributed by atoms with Gasteiger partial charge in [0.15, 0.2) is 18.1 Å². The summed E-state index contributed by atoms with van der Waals surface area (Å²) in [6, 6.07) is 16.9. The third kappa shape index (κ3) is 3.25. The normalized spacial score (nSPS) is 11.2. The predicted molar refractivity (Wildman–Crippen MR) is 102 cm³/mol. The van der Waals surface area contributed by atoms with Crippen molar-refractivity contribution in [3.8, 4) is 16.9 Å². The van der Waals surface area contributed by atoms with E-state index < -0.39 is 0 Å². The predicted octanol–water partition coefficient (Wildman–Crippen LogP) is 3.99. The van der Waals surface area contributed by atoms with Gasteiger partial charge in [0.2, 0.25) is 5.69 Å². The molecular formula is C20H23N2OS+. The minimum atomic E-state index is 0.873. The van der Waals surface area contributed by atoms with Crippen LogP contribution >= 0.6 is 11.9 Å². The van der Waals surface area contributed by atoms with E-state index >= 15 is 0 Å². The van der Waals surface area contributed by atoms with Crippen LogP contribution in [0.5, 0.6) is 5.75 Å². The van der Waals surface area contributed by atoms with Crippen molar-refractivity contribution in [2.45, 2.75) is 6.54 Å². The number of nitrogens with zero attached hydrogens (tertiary/aromatic N) is 2. The first kappa shape index (κ1) is 16.8. The number of hydrogen-bond donors (Lipinski definition) is 0. The zero-order valence-electron chi connectivity index (χ0n) is 14.6. The van der Waals surface area contributed by atoms with Crippen molar-refractivity contribution < 1.29 is 8.71 Å². The van der Waals surface area contributed by atoms with E-state index in [1.807, 2.05) is 6.07 Å². The van der Waals surface area contributed by atoms with Crippen LogP contribution < -0.4 is 8.71 Å². The molecule has 0 saturated heterocycles. The third-order valence-electron chi connectivity index (χ3n) is 4.07. The number of ether oxygens (including phenoxy) is 1. The molecule has 0 fully saturated rings. The lowest BCUT2D eigenvalue weighted by Gasteiger charge is -2.15. The first-order valence-electron chi connectivity index (χ1n) is 7.94. The molecule has 0 spiro atoms. The number of aromatic nitrogens is 1. The molecular weight excluding hydrogens is 316 g/mol. The van der Waals surface area contributed by atoms with Crippen LogP contribution in [0.25, 0.3) is 21.9 Å². The maximum absolute atomic E-state index is 5.47. The molecule has 1 aromatic heterocycles. The number of fused-ring (bicyclic) bond motifs is 1. The van der Waals surface area contributed by atoms with Crippen LogP contribution in [0.2, 0.25) is 0 Å². The summed E-state index contributed by atoms with van der Waals surface area (Å²) >= 11 is 1.73. The van der Waals surface area contributed by atoms with Crippen molar-refractivity contribution in [3.63, 3.8) is 0 Å². The molecule has 1 heterocycles. The summed E-state index contributed by atoms with van der Waals surface area (Å²) in [6.07, 6.45) is 4.33.